The zero-order chi connectivity index (χ0) is 8.69. The van der Waals surface area contributed by atoms with E-state index in [4.69, 9.17) is 5.73 Å². The number of hydrogen-bond acceptors (Lipinski definition) is 1. The van der Waals surface area contributed by atoms with Crippen molar-refractivity contribution in [1.29, 1.82) is 0 Å². The minimum atomic E-state index is 0.707. The molecule has 0 amide bonds. The monoisotopic (exact) mass is 151 g/mol. The molecule has 0 unspecified atom stereocenters. The SMILES string of the molecule is C=C(/C=C\CCN)/C(C)=C/C. The molecule has 0 bridgehead atoms. The highest BCUT2D eigenvalue weighted by Gasteiger charge is 1.87. The van der Waals surface area contributed by atoms with E-state index in [1.54, 1.807) is 0 Å². The molecule has 0 aromatic heterocycles. The lowest BCUT2D eigenvalue weighted by atomic mass is 10.1. The number of rotatable bonds is 4. The van der Waals surface area contributed by atoms with Crippen molar-refractivity contribution < 1.29 is 0 Å². The number of nitrogens with two attached hydrogens (primary N) is 1. The molecular weight excluding hydrogens is 134 g/mol. The van der Waals surface area contributed by atoms with E-state index in [0.29, 0.717) is 6.54 Å². The van der Waals surface area contributed by atoms with Crippen LogP contribution < -0.4 is 5.73 Å². The highest BCUT2D eigenvalue weighted by molar-refractivity contribution is 5.35. The van der Waals surface area contributed by atoms with Gasteiger partial charge in [0.05, 0.1) is 0 Å². The molecule has 0 atom stereocenters. The molecule has 2 N–H and O–H groups in total. The third-order valence-electron chi connectivity index (χ3n) is 1.59. The molecule has 0 heterocycles. The van der Waals surface area contributed by atoms with Crippen LogP contribution in [0.25, 0.3) is 0 Å². The van der Waals surface area contributed by atoms with Gasteiger partial charge in [-0.2, -0.15) is 0 Å². The predicted molar refractivity (Wildman–Crippen MR) is 51.4 cm³/mol. The van der Waals surface area contributed by atoms with Gasteiger partial charge < -0.3 is 5.73 Å². The summed E-state index contributed by atoms with van der Waals surface area (Å²) < 4.78 is 0. The normalized spacial score (nSPS) is 12.5. The van der Waals surface area contributed by atoms with Crippen LogP contribution in [-0.4, -0.2) is 6.54 Å². The number of allylic oxidation sites excluding steroid dienone is 4. The summed E-state index contributed by atoms with van der Waals surface area (Å²) in [6.45, 7) is 8.67. The van der Waals surface area contributed by atoms with E-state index in [9.17, 15) is 0 Å². The van der Waals surface area contributed by atoms with Gasteiger partial charge in [0.2, 0.25) is 0 Å². The summed E-state index contributed by atoms with van der Waals surface area (Å²) in [7, 11) is 0. The maximum Gasteiger partial charge on any atom is -0.00425 e. The Balaban J connectivity index is 3.87. The standard InChI is InChI=1S/C10H17N/c1-4-9(2)10(3)7-5-6-8-11/h4-5,7H,3,6,8,11H2,1-2H3/b7-5-,9-4+. The van der Waals surface area contributed by atoms with E-state index >= 15 is 0 Å². The molecule has 1 heteroatoms. The Kier molecular flexibility index (Phi) is 5.49. The molecule has 0 aliphatic rings. The van der Waals surface area contributed by atoms with Crippen LogP contribution in [0.3, 0.4) is 0 Å². The molecule has 1 nitrogen and oxygen atoms in total. The fourth-order valence-corrected chi connectivity index (χ4v) is 0.639. The summed E-state index contributed by atoms with van der Waals surface area (Å²) in [5, 5.41) is 0. The Labute approximate surface area is 69.3 Å². The van der Waals surface area contributed by atoms with Crippen LogP contribution in [0.1, 0.15) is 20.3 Å². The Hall–Kier alpha value is -0.820. The maximum atomic E-state index is 5.33. The lowest BCUT2D eigenvalue weighted by molar-refractivity contribution is 1.01. The minimum Gasteiger partial charge on any atom is -0.330 e. The summed E-state index contributed by atoms with van der Waals surface area (Å²) in [6.07, 6.45) is 7.04. The van der Waals surface area contributed by atoms with Crippen molar-refractivity contribution in [1.82, 2.24) is 0 Å². The van der Waals surface area contributed by atoms with Gasteiger partial charge in [-0.1, -0.05) is 24.8 Å². The molecule has 0 rings (SSSR count). The van der Waals surface area contributed by atoms with E-state index in [1.807, 2.05) is 13.0 Å². The molecule has 0 spiro atoms. The quantitative estimate of drug-likeness (QED) is 0.613. The average Bonchev–Trinajstić information content (AvgIpc) is 2.03. The fraction of sp³-hybridized carbons (Fsp3) is 0.400. The predicted octanol–water partition coefficient (Wildman–Crippen LogP) is 2.41. The molecule has 0 aliphatic carbocycles. The lowest BCUT2D eigenvalue weighted by Gasteiger charge is -1.96. The summed E-state index contributed by atoms with van der Waals surface area (Å²) >= 11 is 0. The first kappa shape index (κ1) is 10.2. The lowest BCUT2D eigenvalue weighted by Crippen LogP contribution is -1.95. The Morgan fingerprint density at radius 2 is 2.18 bits per heavy atom. The van der Waals surface area contributed by atoms with Crippen molar-refractivity contribution in [2.24, 2.45) is 5.73 Å². The highest BCUT2D eigenvalue weighted by atomic mass is 14.5. The number of hydrogen-bond donors (Lipinski definition) is 1. The van der Waals surface area contributed by atoms with E-state index in [-0.39, 0.29) is 0 Å². The third-order valence-corrected chi connectivity index (χ3v) is 1.59. The van der Waals surface area contributed by atoms with Gasteiger partial charge in [-0.25, -0.2) is 0 Å². The molecule has 0 fully saturated rings. The van der Waals surface area contributed by atoms with Gasteiger partial charge in [0, 0.05) is 0 Å². The van der Waals surface area contributed by atoms with Crippen molar-refractivity contribution in [2.75, 3.05) is 6.54 Å². The topological polar surface area (TPSA) is 26.0 Å². The van der Waals surface area contributed by atoms with Crippen LogP contribution in [0.15, 0.2) is 36.0 Å². The first-order chi connectivity index (χ1) is 5.22. The highest BCUT2D eigenvalue weighted by Crippen LogP contribution is 2.07. The van der Waals surface area contributed by atoms with Crippen LogP contribution in [0, 0.1) is 0 Å². The first-order valence-corrected chi connectivity index (χ1v) is 3.91. The summed E-state index contributed by atoms with van der Waals surface area (Å²) in [6, 6.07) is 0. The van der Waals surface area contributed by atoms with Crippen molar-refractivity contribution in [2.45, 2.75) is 20.3 Å². The molecule has 0 saturated carbocycles. The van der Waals surface area contributed by atoms with Gasteiger partial charge in [-0.05, 0) is 38.0 Å². The molecular formula is C10H17N. The van der Waals surface area contributed by atoms with Crippen molar-refractivity contribution >= 4 is 0 Å². The van der Waals surface area contributed by atoms with Crippen molar-refractivity contribution in [3.63, 3.8) is 0 Å². The largest absolute Gasteiger partial charge is 0.330 e. The molecule has 0 radical (unpaired) electrons. The molecule has 0 aromatic carbocycles. The molecule has 62 valence electrons. The minimum absolute atomic E-state index is 0.707. The third kappa shape index (κ3) is 4.57. The van der Waals surface area contributed by atoms with Gasteiger partial charge in [-0.3, -0.25) is 0 Å². The van der Waals surface area contributed by atoms with Gasteiger partial charge in [-0.15, -0.1) is 0 Å². The molecule has 11 heavy (non-hydrogen) atoms. The van der Waals surface area contributed by atoms with Gasteiger partial charge in [0.1, 0.15) is 0 Å². The van der Waals surface area contributed by atoms with Crippen molar-refractivity contribution in [3.05, 3.63) is 36.0 Å². The first-order valence-electron chi connectivity index (χ1n) is 3.91. The zero-order valence-corrected chi connectivity index (χ0v) is 7.43. The van der Waals surface area contributed by atoms with Crippen LogP contribution in [-0.2, 0) is 0 Å². The van der Waals surface area contributed by atoms with Gasteiger partial charge in [0.25, 0.3) is 0 Å². The second kappa shape index (κ2) is 5.93. The van der Waals surface area contributed by atoms with Gasteiger partial charge >= 0.3 is 0 Å². The zero-order valence-electron chi connectivity index (χ0n) is 7.43. The summed E-state index contributed by atoms with van der Waals surface area (Å²) in [5.41, 5.74) is 7.62. The van der Waals surface area contributed by atoms with E-state index < -0.39 is 0 Å². The molecule has 0 aromatic rings. The second-order valence-electron chi connectivity index (χ2n) is 2.48. The average molecular weight is 151 g/mol. The van der Waals surface area contributed by atoms with E-state index in [1.165, 1.54) is 5.57 Å². The fourth-order valence-electron chi connectivity index (χ4n) is 0.639. The molecule has 0 aliphatic heterocycles. The second-order valence-corrected chi connectivity index (χ2v) is 2.48. The maximum absolute atomic E-state index is 5.33. The van der Waals surface area contributed by atoms with Crippen LogP contribution in [0.4, 0.5) is 0 Å². The van der Waals surface area contributed by atoms with E-state index in [2.05, 4.69) is 25.7 Å². The Bertz CT molecular complexity index is 175. The van der Waals surface area contributed by atoms with E-state index in [0.717, 1.165) is 12.0 Å². The Morgan fingerprint density at radius 3 is 2.64 bits per heavy atom. The summed E-state index contributed by atoms with van der Waals surface area (Å²) in [4.78, 5) is 0. The van der Waals surface area contributed by atoms with Crippen LogP contribution in [0.5, 0.6) is 0 Å². The smallest absolute Gasteiger partial charge is 0.00425 e. The van der Waals surface area contributed by atoms with Crippen LogP contribution >= 0.6 is 0 Å². The van der Waals surface area contributed by atoms with Crippen LogP contribution in [0.2, 0.25) is 0 Å². The van der Waals surface area contributed by atoms with Crippen molar-refractivity contribution in [3.8, 4) is 0 Å². The summed E-state index contributed by atoms with van der Waals surface area (Å²) in [5.74, 6) is 0. The Morgan fingerprint density at radius 1 is 1.55 bits per heavy atom. The molecule has 0 saturated heterocycles. The van der Waals surface area contributed by atoms with Gasteiger partial charge in [0.15, 0.2) is 0 Å².